The summed E-state index contributed by atoms with van der Waals surface area (Å²) < 4.78 is 15.6. The van der Waals surface area contributed by atoms with Crippen LogP contribution in [0.25, 0.3) is 0 Å². The van der Waals surface area contributed by atoms with E-state index in [1.54, 1.807) is 25.1 Å². The molecule has 0 amide bonds. The summed E-state index contributed by atoms with van der Waals surface area (Å²) in [7, 11) is 1.30. The van der Waals surface area contributed by atoms with E-state index < -0.39 is 12.1 Å². The Morgan fingerprint density at radius 1 is 1.30 bits per heavy atom. The predicted molar refractivity (Wildman–Crippen MR) is 71.9 cm³/mol. The van der Waals surface area contributed by atoms with Crippen LogP contribution in [0.1, 0.15) is 31.1 Å². The fraction of sp³-hybridized carbons (Fsp3) is 0.333. The molecule has 0 aliphatic carbocycles. The third kappa shape index (κ3) is 2.52. The van der Waals surface area contributed by atoms with Gasteiger partial charge in [-0.25, -0.2) is 4.79 Å². The lowest BCUT2D eigenvalue weighted by atomic mass is 10.1. The molecule has 1 aromatic carbocycles. The summed E-state index contributed by atoms with van der Waals surface area (Å²) in [5, 5.41) is 0. The van der Waals surface area contributed by atoms with Crippen molar-refractivity contribution < 1.29 is 23.8 Å². The van der Waals surface area contributed by atoms with Crippen molar-refractivity contribution in [2.75, 3.05) is 7.11 Å². The van der Waals surface area contributed by atoms with E-state index in [9.17, 15) is 9.59 Å². The lowest BCUT2D eigenvalue weighted by Crippen LogP contribution is -2.24. The lowest BCUT2D eigenvalue weighted by molar-refractivity contribution is -0.147. The van der Waals surface area contributed by atoms with E-state index in [-0.39, 0.29) is 5.78 Å². The maximum Gasteiger partial charge on any atom is 0.346 e. The highest BCUT2D eigenvalue weighted by Gasteiger charge is 2.29. The minimum atomic E-state index is -0.724. The number of methoxy groups -OCH3 is 1. The van der Waals surface area contributed by atoms with Crippen LogP contribution in [0.4, 0.5) is 0 Å². The number of carbonyl (C=O) groups is 2. The van der Waals surface area contributed by atoms with Gasteiger partial charge in [-0.05, 0) is 38.5 Å². The number of rotatable bonds is 3. The summed E-state index contributed by atoms with van der Waals surface area (Å²) in [4.78, 5) is 23.3. The average Bonchev–Trinajstić information content (AvgIpc) is 2.75. The number of fused-ring (bicyclic) bond motifs is 1. The third-order valence-electron chi connectivity index (χ3n) is 2.92. The summed E-state index contributed by atoms with van der Waals surface area (Å²) in [6, 6.07) is 4.86. The van der Waals surface area contributed by atoms with Gasteiger partial charge in [0.1, 0.15) is 11.5 Å². The Morgan fingerprint density at radius 3 is 2.60 bits per heavy atom. The highest BCUT2D eigenvalue weighted by Crippen LogP contribution is 2.35. The number of esters is 1. The average molecular weight is 276 g/mol. The highest BCUT2D eigenvalue weighted by molar-refractivity contribution is 6.12. The van der Waals surface area contributed by atoms with Crippen LogP contribution >= 0.6 is 0 Å². The molecule has 0 N–H and O–H groups in total. The van der Waals surface area contributed by atoms with Crippen LogP contribution in [0.3, 0.4) is 0 Å². The molecule has 5 nitrogen and oxygen atoms in total. The molecule has 1 aliphatic heterocycles. The molecule has 1 aromatic rings. The largest absolute Gasteiger partial charge is 0.479 e. The molecule has 1 aliphatic rings. The topological polar surface area (TPSA) is 61.8 Å². The number of hydrogen-bond donors (Lipinski definition) is 0. The molecule has 0 saturated carbocycles. The second kappa shape index (κ2) is 5.36. The number of carbonyl (C=O) groups excluding carboxylic acids is 2. The van der Waals surface area contributed by atoms with Gasteiger partial charge < -0.3 is 14.2 Å². The van der Waals surface area contributed by atoms with E-state index in [2.05, 4.69) is 4.74 Å². The monoisotopic (exact) mass is 276 g/mol. The highest BCUT2D eigenvalue weighted by atomic mass is 16.6. The molecule has 106 valence electrons. The first-order chi connectivity index (χ1) is 9.43. The second-order valence-electron chi connectivity index (χ2n) is 4.70. The van der Waals surface area contributed by atoms with Crippen molar-refractivity contribution in [2.24, 2.45) is 0 Å². The van der Waals surface area contributed by atoms with E-state index >= 15 is 0 Å². The van der Waals surface area contributed by atoms with Crippen LogP contribution in [0.2, 0.25) is 0 Å². The Labute approximate surface area is 117 Å². The molecule has 0 bridgehead atoms. The van der Waals surface area contributed by atoms with Gasteiger partial charge in [0.2, 0.25) is 5.78 Å². The quantitative estimate of drug-likeness (QED) is 0.627. The minimum absolute atomic E-state index is 0.132. The Bertz CT molecular complexity index is 596. The Morgan fingerprint density at radius 2 is 2.00 bits per heavy atom. The maximum atomic E-state index is 12.0. The normalized spacial score (nSPS) is 14.4. The molecule has 5 heteroatoms. The van der Waals surface area contributed by atoms with Crippen molar-refractivity contribution in [3.63, 3.8) is 0 Å². The minimum Gasteiger partial charge on any atom is -0.479 e. The van der Waals surface area contributed by atoms with E-state index in [0.29, 0.717) is 22.8 Å². The number of ether oxygens (including phenoxy) is 3. The van der Waals surface area contributed by atoms with Crippen LogP contribution in [-0.4, -0.2) is 25.0 Å². The number of Topliss-reactive ketones (excluding diaryl/α,β-unsaturated/α-hetero) is 1. The maximum absolute atomic E-state index is 12.0. The number of ketones is 1. The molecular formula is C15H16O5. The Balaban J connectivity index is 2.24. The summed E-state index contributed by atoms with van der Waals surface area (Å²) in [5.74, 6) is 0.642. The first kappa shape index (κ1) is 14.1. The molecule has 1 heterocycles. The molecule has 0 aromatic heterocycles. The molecule has 1 atom stereocenters. The summed E-state index contributed by atoms with van der Waals surface area (Å²) in [6.45, 7) is 5.22. The SMILES string of the molecule is COC(=O)C(C)Oc1ccc2c(c1)OC(=C(C)C)C2=O. The van der Waals surface area contributed by atoms with Crippen LogP contribution < -0.4 is 9.47 Å². The Hall–Kier alpha value is -2.30. The zero-order valence-corrected chi connectivity index (χ0v) is 11.9. The smallest absolute Gasteiger partial charge is 0.346 e. The van der Waals surface area contributed by atoms with Gasteiger partial charge in [0, 0.05) is 6.07 Å². The third-order valence-corrected chi connectivity index (χ3v) is 2.92. The predicted octanol–water partition coefficient (Wildman–Crippen LogP) is 2.50. The molecule has 1 unspecified atom stereocenters. The van der Waals surface area contributed by atoms with Gasteiger partial charge in [-0.15, -0.1) is 0 Å². The molecule has 0 radical (unpaired) electrons. The van der Waals surface area contributed by atoms with Gasteiger partial charge in [0.25, 0.3) is 0 Å². The fourth-order valence-electron chi connectivity index (χ4n) is 1.87. The van der Waals surface area contributed by atoms with Crippen LogP contribution in [0.5, 0.6) is 11.5 Å². The fourth-order valence-corrected chi connectivity index (χ4v) is 1.87. The van der Waals surface area contributed by atoms with Gasteiger partial charge >= 0.3 is 5.97 Å². The van der Waals surface area contributed by atoms with E-state index in [1.165, 1.54) is 7.11 Å². The van der Waals surface area contributed by atoms with Gasteiger partial charge in [0.05, 0.1) is 12.7 Å². The summed E-state index contributed by atoms with van der Waals surface area (Å²) in [5.41, 5.74) is 1.32. The first-order valence-electron chi connectivity index (χ1n) is 6.22. The van der Waals surface area contributed by atoms with Crippen molar-refractivity contribution in [3.05, 3.63) is 35.1 Å². The zero-order valence-electron chi connectivity index (χ0n) is 11.9. The van der Waals surface area contributed by atoms with Crippen LogP contribution in [0, 0.1) is 0 Å². The van der Waals surface area contributed by atoms with E-state index in [0.717, 1.165) is 5.57 Å². The summed E-state index contributed by atoms with van der Waals surface area (Å²) >= 11 is 0. The summed E-state index contributed by atoms with van der Waals surface area (Å²) in [6.07, 6.45) is -0.724. The number of hydrogen-bond acceptors (Lipinski definition) is 5. The standard InChI is InChI=1S/C15H16O5/c1-8(2)14-13(16)11-6-5-10(7-12(11)20-14)19-9(3)15(17)18-4/h5-7,9H,1-4H3. The van der Waals surface area contributed by atoms with E-state index in [4.69, 9.17) is 9.47 Å². The van der Waals surface area contributed by atoms with Gasteiger partial charge in [-0.2, -0.15) is 0 Å². The van der Waals surface area contributed by atoms with Gasteiger partial charge in [0.15, 0.2) is 11.9 Å². The molecule has 2 rings (SSSR count). The van der Waals surface area contributed by atoms with Gasteiger partial charge in [-0.3, -0.25) is 4.79 Å². The van der Waals surface area contributed by atoms with Crippen molar-refractivity contribution in [1.82, 2.24) is 0 Å². The van der Waals surface area contributed by atoms with Crippen LogP contribution in [0.15, 0.2) is 29.5 Å². The first-order valence-corrected chi connectivity index (χ1v) is 6.22. The zero-order chi connectivity index (χ0) is 14.9. The molecular weight excluding hydrogens is 260 g/mol. The van der Waals surface area contributed by atoms with E-state index in [1.807, 2.05) is 13.8 Å². The molecule has 20 heavy (non-hydrogen) atoms. The molecule has 0 spiro atoms. The second-order valence-corrected chi connectivity index (χ2v) is 4.70. The number of allylic oxidation sites excluding steroid dienone is 2. The number of benzene rings is 1. The van der Waals surface area contributed by atoms with Crippen molar-refractivity contribution >= 4 is 11.8 Å². The molecule has 0 saturated heterocycles. The van der Waals surface area contributed by atoms with Crippen LogP contribution in [-0.2, 0) is 9.53 Å². The van der Waals surface area contributed by atoms with Gasteiger partial charge in [-0.1, -0.05) is 0 Å². The van der Waals surface area contributed by atoms with Crippen molar-refractivity contribution in [3.8, 4) is 11.5 Å². The Kier molecular flexibility index (Phi) is 3.79. The van der Waals surface area contributed by atoms with Crippen molar-refractivity contribution in [1.29, 1.82) is 0 Å². The lowest BCUT2D eigenvalue weighted by Gasteiger charge is -2.12. The molecule has 0 fully saturated rings. The van der Waals surface area contributed by atoms with Crippen molar-refractivity contribution in [2.45, 2.75) is 26.9 Å².